The van der Waals surface area contributed by atoms with Crippen LogP contribution in [0.25, 0.3) is 0 Å². The van der Waals surface area contributed by atoms with Gasteiger partial charge in [-0.15, -0.1) is 0 Å². The number of nitrogens with zero attached hydrogens (tertiary/aromatic N) is 1. The fourth-order valence-electron chi connectivity index (χ4n) is 2.87. The molecule has 0 bridgehead atoms. The van der Waals surface area contributed by atoms with E-state index < -0.39 is 0 Å². The molecule has 18 heavy (non-hydrogen) atoms. The molecular formula is C14H30N2O2. The summed E-state index contributed by atoms with van der Waals surface area (Å²) < 4.78 is 5.20. The minimum Gasteiger partial charge on any atom is -0.396 e. The summed E-state index contributed by atoms with van der Waals surface area (Å²) in [6.07, 6.45) is 3.38. The van der Waals surface area contributed by atoms with Crippen molar-refractivity contribution in [2.75, 3.05) is 40.0 Å². The Labute approximate surface area is 112 Å². The van der Waals surface area contributed by atoms with Crippen molar-refractivity contribution in [1.29, 1.82) is 0 Å². The van der Waals surface area contributed by atoms with E-state index in [4.69, 9.17) is 9.84 Å². The zero-order valence-electron chi connectivity index (χ0n) is 12.2. The zero-order valence-corrected chi connectivity index (χ0v) is 12.2. The smallest absolute Gasteiger partial charge is 0.0616 e. The largest absolute Gasteiger partial charge is 0.396 e. The highest BCUT2D eigenvalue weighted by molar-refractivity contribution is 4.82. The Morgan fingerprint density at radius 2 is 2.28 bits per heavy atom. The van der Waals surface area contributed by atoms with Gasteiger partial charge in [-0.3, -0.25) is 0 Å². The van der Waals surface area contributed by atoms with Crippen LogP contribution < -0.4 is 5.32 Å². The Balaban J connectivity index is 2.39. The highest BCUT2D eigenvalue weighted by Gasteiger charge is 2.25. The SMILES string of the molecule is CCN1CCCC(C(C)NC(CCO)COC)C1. The minimum atomic E-state index is 0.222. The number of hydrogen-bond donors (Lipinski definition) is 2. The first-order valence-corrected chi connectivity index (χ1v) is 7.29. The second-order valence-electron chi connectivity index (χ2n) is 5.42. The summed E-state index contributed by atoms with van der Waals surface area (Å²) in [6.45, 7) is 9.00. The topological polar surface area (TPSA) is 44.7 Å². The quantitative estimate of drug-likeness (QED) is 0.684. The van der Waals surface area contributed by atoms with Crippen LogP contribution in [-0.2, 0) is 4.74 Å². The lowest BCUT2D eigenvalue weighted by molar-refractivity contribution is 0.117. The fourth-order valence-corrected chi connectivity index (χ4v) is 2.87. The molecule has 0 aromatic heterocycles. The lowest BCUT2D eigenvalue weighted by Gasteiger charge is -2.37. The summed E-state index contributed by atoms with van der Waals surface area (Å²) in [5.74, 6) is 0.719. The number of ether oxygens (including phenoxy) is 1. The molecule has 3 unspecified atom stereocenters. The van der Waals surface area contributed by atoms with Crippen molar-refractivity contribution in [3.8, 4) is 0 Å². The molecule has 2 N–H and O–H groups in total. The fraction of sp³-hybridized carbons (Fsp3) is 1.00. The van der Waals surface area contributed by atoms with Crippen molar-refractivity contribution in [3.05, 3.63) is 0 Å². The van der Waals surface area contributed by atoms with Gasteiger partial charge in [0.15, 0.2) is 0 Å². The Hall–Kier alpha value is -0.160. The normalized spacial score (nSPS) is 25.0. The van der Waals surface area contributed by atoms with Gasteiger partial charge in [-0.1, -0.05) is 6.92 Å². The molecule has 4 nitrogen and oxygen atoms in total. The zero-order chi connectivity index (χ0) is 13.4. The summed E-state index contributed by atoms with van der Waals surface area (Å²) >= 11 is 0. The van der Waals surface area contributed by atoms with E-state index in [0.29, 0.717) is 12.6 Å². The van der Waals surface area contributed by atoms with Crippen molar-refractivity contribution in [1.82, 2.24) is 10.2 Å². The van der Waals surface area contributed by atoms with E-state index in [9.17, 15) is 0 Å². The molecule has 0 saturated carbocycles. The van der Waals surface area contributed by atoms with E-state index in [1.165, 1.54) is 25.9 Å². The predicted molar refractivity (Wildman–Crippen MR) is 74.8 cm³/mol. The van der Waals surface area contributed by atoms with Crippen LogP contribution in [0, 0.1) is 5.92 Å². The summed E-state index contributed by atoms with van der Waals surface area (Å²) in [6, 6.07) is 0.762. The van der Waals surface area contributed by atoms with Gasteiger partial charge in [0.1, 0.15) is 0 Å². The maximum absolute atomic E-state index is 9.06. The maximum Gasteiger partial charge on any atom is 0.0616 e. The number of aliphatic hydroxyl groups excluding tert-OH is 1. The molecule has 1 aliphatic rings. The average molecular weight is 258 g/mol. The van der Waals surface area contributed by atoms with Crippen LogP contribution >= 0.6 is 0 Å². The lowest BCUT2D eigenvalue weighted by atomic mass is 9.91. The van der Waals surface area contributed by atoms with Crippen molar-refractivity contribution in [2.24, 2.45) is 5.92 Å². The molecule has 4 heteroatoms. The van der Waals surface area contributed by atoms with Crippen LogP contribution in [0.2, 0.25) is 0 Å². The molecule has 1 rings (SSSR count). The molecule has 1 fully saturated rings. The number of likely N-dealkylation sites (tertiary alicyclic amines) is 1. The summed E-state index contributed by atoms with van der Waals surface area (Å²) in [7, 11) is 1.72. The van der Waals surface area contributed by atoms with Gasteiger partial charge in [0.25, 0.3) is 0 Å². The third kappa shape index (κ3) is 5.22. The van der Waals surface area contributed by atoms with Crippen LogP contribution in [-0.4, -0.2) is 62.0 Å². The highest BCUT2D eigenvalue weighted by Crippen LogP contribution is 2.20. The molecule has 3 atom stereocenters. The molecule has 0 amide bonds. The third-order valence-electron chi connectivity index (χ3n) is 4.04. The maximum atomic E-state index is 9.06. The monoisotopic (exact) mass is 258 g/mol. The van der Waals surface area contributed by atoms with Crippen LogP contribution in [0.1, 0.15) is 33.1 Å². The first kappa shape index (κ1) is 15.9. The van der Waals surface area contributed by atoms with E-state index in [2.05, 4.69) is 24.1 Å². The second kappa shape index (κ2) is 8.86. The van der Waals surface area contributed by atoms with Crippen LogP contribution in [0.5, 0.6) is 0 Å². The summed E-state index contributed by atoms with van der Waals surface area (Å²) in [5.41, 5.74) is 0. The van der Waals surface area contributed by atoms with Gasteiger partial charge >= 0.3 is 0 Å². The van der Waals surface area contributed by atoms with E-state index in [0.717, 1.165) is 18.9 Å². The van der Waals surface area contributed by atoms with Crippen LogP contribution in [0.4, 0.5) is 0 Å². The van der Waals surface area contributed by atoms with Gasteiger partial charge in [-0.05, 0) is 45.2 Å². The van der Waals surface area contributed by atoms with Gasteiger partial charge in [-0.2, -0.15) is 0 Å². The Morgan fingerprint density at radius 3 is 2.89 bits per heavy atom. The molecule has 1 heterocycles. The molecular weight excluding hydrogens is 228 g/mol. The number of rotatable bonds is 8. The number of piperidine rings is 1. The third-order valence-corrected chi connectivity index (χ3v) is 4.04. The van der Waals surface area contributed by atoms with Gasteiger partial charge in [0.05, 0.1) is 6.61 Å². The van der Waals surface area contributed by atoms with E-state index in [1.54, 1.807) is 7.11 Å². The Kier molecular flexibility index (Phi) is 7.82. The van der Waals surface area contributed by atoms with Crippen molar-refractivity contribution < 1.29 is 9.84 Å². The number of aliphatic hydroxyl groups is 1. The average Bonchev–Trinajstić information content (AvgIpc) is 2.39. The Bertz CT molecular complexity index is 208. The standard InChI is InChI=1S/C14H30N2O2/c1-4-16-8-5-6-13(10-16)12(2)15-14(7-9-17)11-18-3/h12-15,17H,4-11H2,1-3H3. The van der Waals surface area contributed by atoms with E-state index in [-0.39, 0.29) is 12.6 Å². The highest BCUT2D eigenvalue weighted by atomic mass is 16.5. The number of hydrogen-bond acceptors (Lipinski definition) is 4. The number of methoxy groups -OCH3 is 1. The minimum absolute atomic E-state index is 0.222. The van der Waals surface area contributed by atoms with Gasteiger partial charge in [0, 0.05) is 32.3 Å². The van der Waals surface area contributed by atoms with Crippen LogP contribution in [0.3, 0.4) is 0 Å². The summed E-state index contributed by atoms with van der Waals surface area (Å²) in [4.78, 5) is 2.53. The molecule has 0 radical (unpaired) electrons. The number of nitrogens with one attached hydrogen (secondary N) is 1. The predicted octanol–water partition coefficient (Wildman–Crippen LogP) is 1.09. The molecule has 0 aromatic rings. The van der Waals surface area contributed by atoms with Gasteiger partial charge in [-0.25, -0.2) is 0 Å². The molecule has 1 aliphatic heterocycles. The Morgan fingerprint density at radius 1 is 1.50 bits per heavy atom. The van der Waals surface area contributed by atoms with Crippen molar-refractivity contribution >= 4 is 0 Å². The van der Waals surface area contributed by atoms with Crippen LogP contribution in [0.15, 0.2) is 0 Å². The first-order valence-electron chi connectivity index (χ1n) is 7.29. The molecule has 0 aromatic carbocycles. The van der Waals surface area contributed by atoms with E-state index >= 15 is 0 Å². The summed E-state index contributed by atoms with van der Waals surface area (Å²) in [5, 5.41) is 12.7. The second-order valence-corrected chi connectivity index (χ2v) is 5.42. The molecule has 0 spiro atoms. The molecule has 1 saturated heterocycles. The lowest BCUT2D eigenvalue weighted by Crippen LogP contribution is -2.48. The van der Waals surface area contributed by atoms with Crippen molar-refractivity contribution in [2.45, 2.75) is 45.2 Å². The van der Waals surface area contributed by atoms with Gasteiger partial charge < -0.3 is 20.1 Å². The van der Waals surface area contributed by atoms with E-state index in [1.807, 2.05) is 0 Å². The molecule has 108 valence electrons. The molecule has 0 aliphatic carbocycles. The first-order chi connectivity index (χ1) is 8.71. The van der Waals surface area contributed by atoms with Gasteiger partial charge in [0.2, 0.25) is 0 Å². The van der Waals surface area contributed by atoms with Crippen molar-refractivity contribution in [3.63, 3.8) is 0 Å².